The van der Waals surface area contributed by atoms with Crippen molar-refractivity contribution in [1.82, 2.24) is 0 Å². The topological polar surface area (TPSA) is 49.3 Å². The fourth-order valence-corrected chi connectivity index (χ4v) is 5.76. The van der Waals surface area contributed by atoms with Crippen LogP contribution in [0.1, 0.15) is 52.7 Å². The summed E-state index contributed by atoms with van der Waals surface area (Å²) in [5.41, 5.74) is 2.10. The third kappa shape index (κ3) is 2.06. The predicted octanol–water partition coefficient (Wildman–Crippen LogP) is 4.96. The second-order valence-corrected chi connectivity index (χ2v) is 7.78. The number of para-hydroxylation sites is 1. The van der Waals surface area contributed by atoms with E-state index >= 15 is 0 Å². The number of carbonyl (C=O) groups is 1. The molecule has 2 bridgehead atoms. The lowest BCUT2D eigenvalue weighted by Crippen LogP contribution is -2.36. The van der Waals surface area contributed by atoms with Gasteiger partial charge in [-0.25, -0.2) is 13.6 Å². The first-order chi connectivity index (χ1) is 12.6. The number of nitrogens with one attached hydrogen (secondary N) is 1. The van der Waals surface area contributed by atoms with Gasteiger partial charge in [-0.2, -0.15) is 0 Å². The normalized spacial score (nSPS) is 31.2. The molecule has 0 aromatic heterocycles. The van der Waals surface area contributed by atoms with Crippen LogP contribution in [0.3, 0.4) is 0 Å². The molecule has 5 rings (SSSR count). The van der Waals surface area contributed by atoms with Gasteiger partial charge >= 0.3 is 5.97 Å². The quantitative estimate of drug-likeness (QED) is 0.800. The lowest BCUT2D eigenvalue weighted by molar-refractivity contribution is 0.0697. The Hall–Kier alpha value is -2.43. The lowest BCUT2D eigenvalue weighted by atomic mass is 9.67. The van der Waals surface area contributed by atoms with Gasteiger partial charge in [-0.15, -0.1) is 0 Å². The van der Waals surface area contributed by atoms with Gasteiger partial charge in [-0.1, -0.05) is 24.3 Å². The van der Waals surface area contributed by atoms with Crippen LogP contribution in [0.4, 0.5) is 14.5 Å². The molecule has 5 atom stereocenters. The fourth-order valence-electron chi connectivity index (χ4n) is 5.76. The second kappa shape index (κ2) is 5.53. The summed E-state index contributed by atoms with van der Waals surface area (Å²) in [7, 11) is 0. The van der Waals surface area contributed by atoms with E-state index in [1.165, 1.54) is 6.07 Å². The van der Waals surface area contributed by atoms with Gasteiger partial charge < -0.3 is 10.4 Å². The van der Waals surface area contributed by atoms with Gasteiger partial charge in [0.05, 0.1) is 17.3 Å². The first-order valence-electron chi connectivity index (χ1n) is 9.13. The highest BCUT2D eigenvalue weighted by atomic mass is 19.2. The molecule has 5 unspecified atom stereocenters. The molecule has 3 aliphatic rings. The van der Waals surface area contributed by atoms with Crippen molar-refractivity contribution >= 4 is 11.7 Å². The number of carboxylic acid groups (broad SMARTS) is 1. The molecule has 26 heavy (non-hydrogen) atoms. The van der Waals surface area contributed by atoms with Crippen molar-refractivity contribution in [3.8, 4) is 0 Å². The van der Waals surface area contributed by atoms with E-state index in [0.29, 0.717) is 23.1 Å². The maximum Gasteiger partial charge on any atom is 0.337 e. The third-order valence-corrected chi connectivity index (χ3v) is 6.67. The van der Waals surface area contributed by atoms with Crippen molar-refractivity contribution in [2.75, 3.05) is 5.32 Å². The molecule has 2 aliphatic carbocycles. The zero-order chi connectivity index (χ0) is 18.0. The minimum atomic E-state index is -1.01. The van der Waals surface area contributed by atoms with E-state index in [1.807, 2.05) is 6.07 Å². The van der Waals surface area contributed by atoms with Crippen molar-refractivity contribution in [2.45, 2.75) is 31.2 Å². The first-order valence-corrected chi connectivity index (χ1v) is 9.13. The van der Waals surface area contributed by atoms with Gasteiger partial charge in [-0.05, 0) is 60.6 Å². The summed E-state index contributed by atoms with van der Waals surface area (Å²) < 4.78 is 28.5. The van der Waals surface area contributed by atoms with Gasteiger partial charge in [0.1, 0.15) is 0 Å². The molecule has 134 valence electrons. The lowest BCUT2D eigenvalue weighted by Gasteiger charge is -2.44. The van der Waals surface area contributed by atoms with E-state index in [4.69, 9.17) is 0 Å². The number of benzene rings is 2. The average Bonchev–Trinajstić information content (AvgIpc) is 3.25. The van der Waals surface area contributed by atoms with Crippen molar-refractivity contribution in [3.63, 3.8) is 0 Å². The van der Waals surface area contributed by atoms with E-state index in [-0.39, 0.29) is 17.4 Å². The zero-order valence-corrected chi connectivity index (χ0v) is 14.1. The Morgan fingerprint density at radius 3 is 2.58 bits per heavy atom. The number of anilines is 1. The summed E-state index contributed by atoms with van der Waals surface area (Å²) in [6.07, 6.45) is 3.32. The highest BCUT2D eigenvalue weighted by Crippen LogP contribution is 2.64. The van der Waals surface area contributed by atoms with E-state index in [2.05, 4.69) is 5.32 Å². The van der Waals surface area contributed by atoms with E-state index in [0.717, 1.165) is 30.9 Å². The summed E-state index contributed by atoms with van der Waals surface area (Å²) in [5, 5.41) is 12.9. The highest BCUT2D eigenvalue weighted by molar-refractivity contribution is 5.95. The Morgan fingerprint density at radius 2 is 1.77 bits per heavy atom. The molecule has 0 radical (unpaired) electrons. The van der Waals surface area contributed by atoms with Gasteiger partial charge in [0.25, 0.3) is 0 Å². The molecule has 2 aromatic rings. The molecular formula is C21H19F2NO2. The van der Waals surface area contributed by atoms with Crippen LogP contribution in [0.25, 0.3) is 0 Å². The van der Waals surface area contributed by atoms with Gasteiger partial charge in [-0.3, -0.25) is 0 Å². The Kier molecular flexibility index (Phi) is 3.36. The molecule has 0 spiro atoms. The molecule has 5 heteroatoms. The molecule has 1 heterocycles. The highest BCUT2D eigenvalue weighted by Gasteiger charge is 2.54. The predicted molar refractivity (Wildman–Crippen MR) is 93.2 cm³/mol. The number of fused-ring (bicyclic) bond motifs is 7. The van der Waals surface area contributed by atoms with Crippen molar-refractivity contribution in [3.05, 3.63) is 64.7 Å². The average molecular weight is 355 g/mol. The maximum absolute atomic E-state index is 14.6. The molecule has 1 aliphatic heterocycles. The maximum atomic E-state index is 14.6. The minimum absolute atomic E-state index is 0.168. The Labute approximate surface area is 150 Å². The van der Waals surface area contributed by atoms with Crippen molar-refractivity contribution in [1.29, 1.82) is 0 Å². The Balaban J connectivity index is 1.71. The standard InChI is InChI=1S/C21H19F2NO2/c22-15-6-2-4-13(18(15)23)20-17-11-8-7-10(9-11)16(17)12-3-1-5-14(21(25)26)19(12)24-20/h1-6,10-11,16-17,20,24H,7-9H2,(H,25,26). The summed E-state index contributed by atoms with van der Waals surface area (Å²) in [5.74, 6) is -1.36. The van der Waals surface area contributed by atoms with Gasteiger partial charge in [0.15, 0.2) is 11.6 Å². The summed E-state index contributed by atoms with van der Waals surface area (Å²) in [4.78, 5) is 11.7. The van der Waals surface area contributed by atoms with Crippen LogP contribution in [-0.2, 0) is 0 Å². The van der Waals surface area contributed by atoms with Crippen LogP contribution in [0.15, 0.2) is 36.4 Å². The van der Waals surface area contributed by atoms with Crippen LogP contribution in [0.2, 0.25) is 0 Å². The van der Waals surface area contributed by atoms with E-state index in [1.54, 1.807) is 18.2 Å². The van der Waals surface area contributed by atoms with Crippen LogP contribution in [0.5, 0.6) is 0 Å². The fraction of sp³-hybridized carbons (Fsp3) is 0.381. The first kappa shape index (κ1) is 15.8. The number of hydrogen-bond donors (Lipinski definition) is 2. The SMILES string of the molecule is O=C(O)c1cccc2c1NC(c1cccc(F)c1F)C1C3CCC(C3)C21. The second-order valence-electron chi connectivity index (χ2n) is 7.78. The monoisotopic (exact) mass is 355 g/mol. The van der Waals surface area contributed by atoms with E-state index in [9.17, 15) is 18.7 Å². The van der Waals surface area contributed by atoms with Crippen LogP contribution in [-0.4, -0.2) is 11.1 Å². The largest absolute Gasteiger partial charge is 0.478 e. The third-order valence-electron chi connectivity index (χ3n) is 6.67. The van der Waals surface area contributed by atoms with Gasteiger partial charge in [0, 0.05) is 5.56 Å². The van der Waals surface area contributed by atoms with Crippen molar-refractivity contribution in [2.24, 2.45) is 17.8 Å². The zero-order valence-electron chi connectivity index (χ0n) is 14.1. The molecular weight excluding hydrogens is 336 g/mol. The number of halogens is 2. The Bertz CT molecular complexity index is 913. The smallest absolute Gasteiger partial charge is 0.337 e. The van der Waals surface area contributed by atoms with Crippen LogP contribution in [0, 0.1) is 29.4 Å². The molecule has 0 amide bonds. The molecule has 3 nitrogen and oxygen atoms in total. The number of hydrogen-bond acceptors (Lipinski definition) is 2. The molecule has 2 N–H and O–H groups in total. The number of carboxylic acids is 1. The minimum Gasteiger partial charge on any atom is -0.478 e. The summed E-state index contributed by atoms with van der Waals surface area (Å²) in [6, 6.07) is 9.21. The van der Waals surface area contributed by atoms with E-state index < -0.39 is 23.6 Å². The number of rotatable bonds is 2. The number of aromatic carboxylic acids is 1. The summed E-state index contributed by atoms with van der Waals surface area (Å²) >= 11 is 0. The molecule has 2 fully saturated rings. The Morgan fingerprint density at radius 1 is 1.04 bits per heavy atom. The van der Waals surface area contributed by atoms with Gasteiger partial charge in [0.2, 0.25) is 0 Å². The van der Waals surface area contributed by atoms with Crippen molar-refractivity contribution < 1.29 is 18.7 Å². The van der Waals surface area contributed by atoms with Crippen LogP contribution < -0.4 is 5.32 Å². The van der Waals surface area contributed by atoms with Crippen LogP contribution >= 0.6 is 0 Å². The molecule has 2 saturated carbocycles. The summed E-state index contributed by atoms with van der Waals surface area (Å²) in [6.45, 7) is 0. The molecule has 0 saturated heterocycles. The molecule has 2 aromatic carbocycles.